The molecule has 3 aromatic rings. The molecule has 6 fully saturated rings. The Morgan fingerprint density at radius 3 is 2.09 bits per heavy atom. The molecule has 6 aliphatic rings. The number of nitrogens with one attached hydrogen (secondary N) is 3. The van der Waals surface area contributed by atoms with E-state index in [1.165, 1.54) is 5.69 Å². The largest absolute Gasteiger partial charge is 0.462 e. The van der Waals surface area contributed by atoms with Crippen molar-refractivity contribution < 1.29 is 28.7 Å². The number of piperidine rings is 2. The van der Waals surface area contributed by atoms with Crippen LogP contribution in [0.25, 0.3) is 0 Å². The van der Waals surface area contributed by atoms with E-state index in [-0.39, 0.29) is 54.0 Å². The van der Waals surface area contributed by atoms with Crippen LogP contribution in [-0.2, 0) is 31.0 Å². The molecule has 0 radical (unpaired) electrons. The van der Waals surface area contributed by atoms with Crippen LogP contribution in [0.3, 0.4) is 0 Å². The molecule has 3 N–H and O–H groups in total. The molecule has 18 heteroatoms. The van der Waals surface area contributed by atoms with Gasteiger partial charge in [-0.25, -0.2) is 9.78 Å². The third kappa shape index (κ3) is 11.0. The molecule has 4 saturated heterocycles. The Morgan fingerprint density at radius 1 is 0.794 bits per heavy atom. The molecule has 1 unspecified atom stereocenters. The molecule has 366 valence electrons. The first-order valence-electron chi connectivity index (χ1n) is 25.3. The van der Waals surface area contributed by atoms with Crippen LogP contribution in [0.4, 0.5) is 23.1 Å². The van der Waals surface area contributed by atoms with E-state index in [0.29, 0.717) is 60.9 Å². The lowest BCUT2D eigenvalue weighted by Crippen LogP contribution is -2.57. The Labute approximate surface area is 399 Å². The fourth-order valence-electron chi connectivity index (χ4n) is 11.4. The number of imide groups is 1. The van der Waals surface area contributed by atoms with Gasteiger partial charge in [0.05, 0.1) is 30.1 Å². The first-order chi connectivity index (χ1) is 33.0. The maximum absolute atomic E-state index is 13.9. The second-order valence-corrected chi connectivity index (χ2v) is 19.9. The first-order valence-corrected chi connectivity index (χ1v) is 25.3. The number of esters is 1. The SMILES string of the molecule is CCOC(=O)c1c(C)nc(Nc2cnn(C)c2)nc1NC1CCC(N2CCN(C(=O)[C@H]3CC[C@@H]3C(=O)N3CCC(CCN4CCN(c5ccc(C6CCC(=O)NC6=O)cc5)CC4)CC3)CC2)CC1. The van der Waals surface area contributed by atoms with Gasteiger partial charge < -0.3 is 30.1 Å². The van der Waals surface area contributed by atoms with Crippen molar-refractivity contribution in [3.8, 4) is 0 Å². The van der Waals surface area contributed by atoms with Crippen molar-refractivity contribution in [3.63, 3.8) is 0 Å². The van der Waals surface area contributed by atoms with Crippen molar-refractivity contribution in [2.24, 2.45) is 24.8 Å². The molecular formula is C50H70N12O6. The van der Waals surface area contributed by atoms with E-state index in [0.717, 1.165) is 128 Å². The van der Waals surface area contributed by atoms with E-state index >= 15 is 0 Å². The van der Waals surface area contributed by atoms with Gasteiger partial charge in [-0.2, -0.15) is 10.1 Å². The van der Waals surface area contributed by atoms with E-state index in [9.17, 15) is 24.0 Å². The normalized spacial score (nSPS) is 25.4. The molecule has 3 atom stereocenters. The number of aryl methyl sites for hydroxylation is 2. The summed E-state index contributed by atoms with van der Waals surface area (Å²) in [6, 6.07) is 8.85. The monoisotopic (exact) mass is 935 g/mol. The molecule has 0 spiro atoms. The fraction of sp³-hybridized carbons (Fsp3) is 0.640. The van der Waals surface area contributed by atoms with E-state index in [1.54, 1.807) is 24.7 Å². The van der Waals surface area contributed by atoms with E-state index in [4.69, 9.17) is 9.72 Å². The summed E-state index contributed by atoms with van der Waals surface area (Å²) in [6.45, 7) is 13.5. The molecule has 1 aromatic carbocycles. The second kappa shape index (κ2) is 21.3. The Hall–Kier alpha value is -5.62. The number of ether oxygens (including phenoxy) is 1. The van der Waals surface area contributed by atoms with Crippen molar-refractivity contribution in [2.75, 3.05) is 94.1 Å². The number of nitrogens with zero attached hydrogens (tertiary/aromatic N) is 9. The third-order valence-electron chi connectivity index (χ3n) is 15.7. The highest BCUT2D eigenvalue weighted by Gasteiger charge is 2.45. The molecule has 2 aliphatic carbocycles. The summed E-state index contributed by atoms with van der Waals surface area (Å²) >= 11 is 0. The number of amides is 4. The number of hydrogen-bond acceptors (Lipinski definition) is 14. The number of piperazine rings is 2. The number of likely N-dealkylation sites (tertiary alicyclic amines) is 1. The first kappa shape index (κ1) is 47.4. The zero-order valence-corrected chi connectivity index (χ0v) is 40.2. The highest BCUT2D eigenvalue weighted by Crippen LogP contribution is 2.39. The average Bonchev–Trinajstić information content (AvgIpc) is 3.74. The number of rotatable bonds is 14. The number of hydrogen-bond donors (Lipinski definition) is 3. The van der Waals surface area contributed by atoms with E-state index in [1.807, 2.05) is 30.3 Å². The van der Waals surface area contributed by atoms with E-state index in [2.05, 4.69) is 57.8 Å². The predicted octanol–water partition coefficient (Wildman–Crippen LogP) is 4.30. The number of anilines is 4. The lowest BCUT2D eigenvalue weighted by atomic mass is 9.71. The Morgan fingerprint density at radius 2 is 1.47 bits per heavy atom. The van der Waals surface area contributed by atoms with Crippen LogP contribution in [0, 0.1) is 24.7 Å². The van der Waals surface area contributed by atoms with Crippen molar-refractivity contribution in [2.45, 2.75) is 102 Å². The molecule has 68 heavy (non-hydrogen) atoms. The predicted molar refractivity (Wildman–Crippen MR) is 257 cm³/mol. The van der Waals surface area contributed by atoms with Gasteiger partial charge in [0.2, 0.25) is 29.6 Å². The summed E-state index contributed by atoms with van der Waals surface area (Å²) in [5.41, 5.74) is 3.79. The van der Waals surface area contributed by atoms with Crippen LogP contribution in [0.2, 0.25) is 0 Å². The van der Waals surface area contributed by atoms with Crippen molar-refractivity contribution in [1.82, 2.24) is 44.7 Å². The number of carbonyl (C=O) groups excluding carboxylic acids is 5. The number of benzene rings is 1. The van der Waals surface area contributed by atoms with Gasteiger partial charge in [-0.05, 0) is 108 Å². The maximum atomic E-state index is 13.9. The second-order valence-electron chi connectivity index (χ2n) is 19.9. The Balaban J connectivity index is 0.670. The van der Waals surface area contributed by atoms with Crippen LogP contribution < -0.4 is 20.9 Å². The van der Waals surface area contributed by atoms with Crippen molar-refractivity contribution in [1.29, 1.82) is 0 Å². The summed E-state index contributed by atoms with van der Waals surface area (Å²) in [7, 11) is 1.84. The van der Waals surface area contributed by atoms with Gasteiger partial charge >= 0.3 is 5.97 Å². The summed E-state index contributed by atoms with van der Waals surface area (Å²) in [5, 5.41) is 13.5. The number of aromatic nitrogens is 4. The van der Waals surface area contributed by atoms with Crippen LogP contribution in [-0.4, -0.2) is 160 Å². The van der Waals surface area contributed by atoms with Gasteiger partial charge in [0.1, 0.15) is 11.4 Å². The Bertz CT molecular complexity index is 2270. The minimum absolute atomic E-state index is 0.141. The molecule has 2 saturated carbocycles. The minimum atomic E-state index is -0.440. The summed E-state index contributed by atoms with van der Waals surface area (Å²) < 4.78 is 7.08. The zero-order valence-electron chi connectivity index (χ0n) is 40.2. The van der Waals surface area contributed by atoms with Gasteiger partial charge in [0.15, 0.2) is 0 Å². The van der Waals surface area contributed by atoms with Gasteiger partial charge in [0.25, 0.3) is 0 Å². The molecule has 6 heterocycles. The molecule has 2 aromatic heterocycles. The van der Waals surface area contributed by atoms with Gasteiger partial charge in [-0.3, -0.25) is 39.0 Å². The van der Waals surface area contributed by atoms with Gasteiger partial charge in [-0.1, -0.05) is 12.1 Å². The molecule has 0 bridgehead atoms. The maximum Gasteiger partial charge on any atom is 0.343 e. The van der Waals surface area contributed by atoms with Crippen molar-refractivity contribution in [3.05, 3.63) is 53.5 Å². The van der Waals surface area contributed by atoms with E-state index < -0.39 is 5.97 Å². The molecular weight excluding hydrogens is 865 g/mol. The van der Waals surface area contributed by atoms with Crippen molar-refractivity contribution >= 4 is 52.7 Å². The third-order valence-corrected chi connectivity index (χ3v) is 15.7. The quantitative estimate of drug-likeness (QED) is 0.153. The van der Waals surface area contributed by atoms with Crippen LogP contribution in [0.15, 0.2) is 36.7 Å². The van der Waals surface area contributed by atoms with Crippen LogP contribution in [0.5, 0.6) is 0 Å². The van der Waals surface area contributed by atoms with Gasteiger partial charge in [-0.15, -0.1) is 0 Å². The molecule has 9 rings (SSSR count). The summed E-state index contributed by atoms with van der Waals surface area (Å²) in [5.74, 6) is 0.362. The lowest BCUT2D eigenvalue weighted by molar-refractivity contribution is -0.154. The standard InChI is InChI=1S/C50H70N12O6/c1-4-68-49(67)44-33(2)52-50(54-37-31-51-57(3)32-37)56-45(44)53-36-7-11-39(12-8-36)60-27-29-62(30-28-60)48(66)42-14-13-41(42)47(65)61-21-18-34(19-22-61)17-20-58-23-25-59(26-24-58)38-9-5-35(6-10-38)40-15-16-43(63)55-46(40)64/h5-6,9-10,31-32,34,36,39-42H,4,7-8,11-30H2,1-3H3,(H,55,63,64)(H2,52,53,54,56)/t36?,39?,40?,41-,42-/m0/s1. The zero-order chi connectivity index (χ0) is 47.3. The minimum Gasteiger partial charge on any atom is -0.462 e. The Kier molecular flexibility index (Phi) is 14.9. The average molecular weight is 935 g/mol. The van der Waals surface area contributed by atoms with Gasteiger partial charge in [0, 0.05) is 115 Å². The number of carbonyl (C=O) groups is 5. The lowest BCUT2D eigenvalue weighted by Gasteiger charge is -2.45. The summed E-state index contributed by atoms with van der Waals surface area (Å²) in [6.07, 6.45) is 13.1. The fourth-order valence-corrected chi connectivity index (χ4v) is 11.4. The molecule has 4 amide bonds. The van der Waals surface area contributed by atoms with Crippen LogP contribution >= 0.6 is 0 Å². The molecule has 4 aliphatic heterocycles. The highest BCUT2D eigenvalue weighted by molar-refractivity contribution is 6.01. The summed E-state index contributed by atoms with van der Waals surface area (Å²) in [4.78, 5) is 85.5. The highest BCUT2D eigenvalue weighted by atomic mass is 16.5. The van der Waals surface area contributed by atoms with Crippen LogP contribution in [0.1, 0.15) is 105 Å². The topological polar surface area (TPSA) is 190 Å². The smallest absolute Gasteiger partial charge is 0.343 e. The molecule has 18 nitrogen and oxygen atoms in total.